The Labute approximate surface area is 453 Å². The largest absolute Gasteiger partial charge is 0.457 e. The van der Waals surface area contributed by atoms with Crippen LogP contribution in [0.25, 0.3) is 70.0 Å². The first-order chi connectivity index (χ1) is 36.2. The van der Waals surface area contributed by atoms with Crippen LogP contribution in [-0.4, -0.2) is 16.2 Å². The molecule has 0 unspecified atom stereocenters. The van der Waals surface area contributed by atoms with Crippen molar-refractivity contribution in [3.05, 3.63) is 204 Å². The molecule has 3 aromatic heterocycles. The Balaban J connectivity index is 1.01. The highest BCUT2D eigenvalue weighted by atomic mass is 32.1. The van der Waals surface area contributed by atoms with Crippen LogP contribution in [0.15, 0.2) is 182 Å². The second-order valence-electron chi connectivity index (χ2n) is 25.0. The van der Waals surface area contributed by atoms with Gasteiger partial charge in [-0.05, 0) is 120 Å². The van der Waals surface area contributed by atoms with Gasteiger partial charge in [-0.2, -0.15) is 0 Å². The summed E-state index contributed by atoms with van der Waals surface area (Å²) in [5, 5.41) is 4.92. The van der Waals surface area contributed by atoms with E-state index in [0.29, 0.717) is 6.67 Å². The van der Waals surface area contributed by atoms with E-state index in [1.165, 1.54) is 86.7 Å². The zero-order valence-corrected chi connectivity index (χ0v) is 46.9. The molecule has 0 radical (unpaired) electrons. The number of fused-ring (bicyclic) bond motifs is 8. The van der Waals surface area contributed by atoms with Gasteiger partial charge in [0, 0.05) is 50.6 Å². The van der Waals surface area contributed by atoms with Gasteiger partial charge >= 0.3 is 0 Å². The van der Waals surface area contributed by atoms with E-state index >= 15 is 0 Å². The number of benzene rings is 8. The number of aromatic nitrogens is 2. The van der Waals surface area contributed by atoms with E-state index in [1.807, 2.05) is 17.5 Å². The molecule has 380 valence electrons. The van der Waals surface area contributed by atoms with E-state index in [0.717, 1.165) is 39.9 Å². The van der Waals surface area contributed by atoms with Crippen molar-refractivity contribution in [3.8, 4) is 39.6 Å². The summed E-state index contributed by atoms with van der Waals surface area (Å²) in [6.07, 6.45) is 1.96. The minimum absolute atomic E-state index is 0.0336. The third kappa shape index (κ3) is 8.71. The molecule has 11 aromatic rings. The minimum atomic E-state index is -0.167. The molecule has 0 spiro atoms. The molecule has 0 aliphatic carbocycles. The molecular formula is C70H68N4OS. The number of hydrogen-bond acceptors (Lipinski definition) is 5. The molecule has 0 N–H and O–H groups in total. The Hall–Kier alpha value is -7.67. The Morgan fingerprint density at radius 1 is 0.474 bits per heavy atom. The molecule has 0 fully saturated rings. The summed E-state index contributed by atoms with van der Waals surface area (Å²) in [6.45, 7) is 28.2. The van der Waals surface area contributed by atoms with Gasteiger partial charge < -0.3 is 14.5 Å². The zero-order valence-electron chi connectivity index (χ0n) is 46.1. The highest BCUT2D eigenvalue weighted by molar-refractivity contribution is 7.27. The monoisotopic (exact) mass is 1010 g/mol. The summed E-state index contributed by atoms with van der Waals surface area (Å²) in [5.74, 6) is 2.47. The lowest BCUT2D eigenvalue weighted by Crippen LogP contribution is -2.25. The van der Waals surface area contributed by atoms with Gasteiger partial charge in [-0.25, -0.2) is 4.98 Å². The number of rotatable bonds is 7. The molecule has 0 amide bonds. The summed E-state index contributed by atoms with van der Waals surface area (Å²) in [4.78, 5) is 10.1. The molecule has 12 rings (SSSR count). The van der Waals surface area contributed by atoms with Crippen molar-refractivity contribution in [2.45, 2.75) is 105 Å². The van der Waals surface area contributed by atoms with Crippen molar-refractivity contribution >= 4 is 76.1 Å². The maximum Gasteiger partial charge on any atom is 0.137 e. The number of thiophene rings is 1. The summed E-state index contributed by atoms with van der Waals surface area (Å²) in [6, 6.07) is 65.1. The van der Waals surface area contributed by atoms with Crippen molar-refractivity contribution in [2.24, 2.45) is 0 Å². The van der Waals surface area contributed by atoms with Gasteiger partial charge in [-0.1, -0.05) is 192 Å². The van der Waals surface area contributed by atoms with Crippen LogP contribution >= 0.6 is 11.3 Å². The number of nitrogens with zero attached hydrogens (tertiary/aromatic N) is 4. The number of para-hydroxylation sites is 3. The first-order valence-electron chi connectivity index (χ1n) is 26.9. The van der Waals surface area contributed by atoms with Crippen LogP contribution < -0.4 is 14.5 Å². The van der Waals surface area contributed by atoms with E-state index in [-0.39, 0.29) is 21.7 Å². The van der Waals surface area contributed by atoms with Crippen molar-refractivity contribution in [1.29, 1.82) is 0 Å². The van der Waals surface area contributed by atoms with E-state index in [2.05, 4.69) is 273 Å². The second kappa shape index (κ2) is 18.0. The van der Waals surface area contributed by atoms with Crippen molar-refractivity contribution < 1.29 is 4.74 Å². The lowest BCUT2D eigenvalue weighted by atomic mass is 9.78. The topological polar surface area (TPSA) is 33.5 Å². The Morgan fingerprint density at radius 3 is 1.80 bits per heavy atom. The van der Waals surface area contributed by atoms with Crippen LogP contribution in [-0.2, 0) is 21.7 Å². The van der Waals surface area contributed by atoms with Crippen LogP contribution in [0.1, 0.15) is 105 Å². The Kier molecular flexibility index (Phi) is 11.6. The first-order valence-corrected chi connectivity index (χ1v) is 27.7. The molecule has 76 heavy (non-hydrogen) atoms. The third-order valence-corrected chi connectivity index (χ3v) is 16.7. The van der Waals surface area contributed by atoms with E-state index in [4.69, 9.17) is 9.72 Å². The minimum Gasteiger partial charge on any atom is -0.457 e. The average Bonchev–Trinajstić information content (AvgIpc) is 4.07. The van der Waals surface area contributed by atoms with Crippen molar-refractivity contribution in [3.63, 3.8) is 0 Å². The van der Waals surface area contributed by atoms with Gasteiger partial charge in [0.05, 0.1) is 32.8 Å². The average molecular weight is 1010 g/mol. The van der Waals surface area contributed by atoms with Gasteiger partial charge in [0.1, 0.15) is 24.0 Å². The van der Waals surface area contributed by atoms with Crippen molar-refractivity contribution in [2.75, 3.05) is 16.5 Å². The number of pyridine rings is 1. The molecule has 0 atom stereocenters. The molecule has 8 aromatic carbocycles. The fraction of sp³-hybridized carbons (Fsp3) is 0.243. The quantitative estimate of drug-likeness (QED) is 0.159. The van der Waals surface area contributed by atoms with Gasteiger partial charge in [0.15, 0.2) is 0 Å². The molecule has 6 heteroatoms. The molecule has 1 aliphatic heterocycles. The first kappa shape index (κ1) is 49.2. The fourth-order valence-corrected chi connectivity index (χ4v) is 12.4. The molecule has 4 heterocycles. The van der Waals surface area contributed by atoms with Crippen LogP contribution in [0.4, 0.5) is 22.7 Å². The summed E-state index contributed by atoms with van der Waals surface area (Å²) in [7, 11) is 0. The lowest BCUT2D eigenvalue weighted by molar-refractivity contribution is 0.479. The van der Waals surface area contributed by atoms with Gasteiger partial charge in [-0.15, -0.1) is 11.3 Å². The van der Waals surface area contributed by atoms with E-state index < -0.39 is 0 Å². The molecule has 0 saturated carbocycles. The highest BCUT2D eigenvalue weighted by Gasteiger charge is 2.33. The maximum absolute atomic E-state index is 7.18. The molecule has 5 nitrogen and oxygen atoms in total. The lowest BCUT2D eigenvalue weighted by Gasteiger charge is -2.30. The van der Waals surface area contributed by atoms with Gasteiger partial charge in [0.25, 0.3) is 0 Å². The standard InChI is InChI=1S/C70H68N4OS/c1-67(2,3)47-33-34-71-62(40-47)74-60-42-52(30-31-57(60)66-65(74)63-54-24-17-16-23-45(54)29-32-61(63)76-66)75-53-39-50(70(10,11)12)38-51(41-53)72-43-73(59-28-19-18-27-58(59)72)64-55(44-21-14-13-15-22-44)25-20-26-56(64)46-35-48(68(4,5)6)37-49(36-46)69(7,8)9/h13-42H,43H2,1-12H3. The van der Waals surface area contributed by atoms with E-state index in [9.17, 15) is 0 Å². The number of hydrogen-bond donors (Lipinski definition) is 0. The number of anilines is 4. The Bertz CT molecular complexity index is 4020. The summed E-state index contributed by atoms with van der Waals surface area (Å²) >= 11 is 1.86. The normalized spacial score (nSPS) is 13.4. The number of ether oxygens (including phenoxy) is 1. The Morgan fingerprint density at radius 2 is 1.11 bits per heavy atom. The van der Waals surface area contributed by atoms with E-state index in [1.54, 1.807) is 0 Å². The summed E-state index contributed by atoms with van der Waals surface area (Å²) in [5.41, 5.74) is 16.5. The highest BCUT2D eigenvalue weighted by Crippen LogP contribution is 2.52. The fourth-order valence-electron chi connectivity index (χ4n) is 11.1. The molecule has 1 aliphatic rings. The van der Waals surface area contributed by atoms with Crippen LogP contribution in [0.5, 0.6) is 11.5 Å². The van der Waals surface area contributed by atoms with Gasteiger partial charge in [0.2, 0.25) is 0 Å². The van der Waals surface area contributed by atoms with Crippen LogP contribution in [0, 0.1) is 0 Å². The van der Waals surface area contributed by atoms with Crippen LogP contribution in [0.3, 0.4) is 0 Å². The molecule has 0 saturated heterocycles. The maximum atomic E-state index is 7.18. The van der Waals surface area contributed by atoms with Gasteiger partial charge in [-0.3, -0.25) is 4.57 Å². The van der Waals surface area contributed by atoms with Crippen LogP contribution in [0.2, 0.25) is 0 Å². The predicted molar refractivity (Wildman–Crippen MR) is 326 cm³/mol. The molecular weight excluding hydrogens is 945 g/mol. The predicted octanol–water partition coefficient (Wildman–Crippen LogP) is 20.1. The zero-order chi connectivity index (χ0) is 53.1. The second-order valence-corrected chi connectivity index (χ2v) is 26.1. The summed E-state index contributed by atoms with van der Waals surface area (Å²) < 4.78 is 12.1. The smallest absolute Gasteiger partial charge is 0.137 e. The van der Waals surface area contributed by atoms with Crippen molar-refractivity contribution in [1.82, 2.24) is 9.55 Å². The third-order valence-electron chi connectivity index (χ3n) is 15.5. The molecule has 0 bridgehead atoms. The SMILES string of the molecule is CC(C)(C)c1cc(Oc2ccc3c4sc5ccc6ccccc6c5c4n(-c4cc(C(C)(C)C)ccn4)c3c2)cc(N2CN(c3c(-c4ccccc4)cccc3-c3cc(C(C)(C)C)cc(C(C)(C)C)c3)c3ccccc32)c1.